The molecule has 0 aromatic rings. The molecule has 6 nitrogen and oxygen atoms in total. The van der Waals surface area contributed by atoms with Crippen molar-refractivity contribution in [2.75, 3.05) is 13.2 Å². The summed E-state index contributed by atoms with van der Waals surface area (Å²) in [6, 6.07) is 0. The lowest BCUT2D eigenvalue weighted by atomic mass is 10.0. The first kappa shape index (κ1) is 64.4. The van der Waals surface area contributed by atoms with Gasteiger partial charge in [-0.1, -0.05) is 256 Å². The van der Waals surface area contributed by atoms with Crippen LogP contribution in [0.4, 0.5) is 0 Å². The Morgan fingerprint density at radius 2 is 0.552 bits per heavy atom. The Balaban J connectivity index is 4.33. The van der Waals surface area contributed by atoms with Crippen LogP contribution in [0.1, 0.15) is 303 Å². The lowest BCUT2D eigenvalue weighted by Crippen LogP contribution is -2.30. The van der Waals surface area contributed by atoms with Crippen LogP contribution in [0.15, 0.2) is 48.6 Å². The van der Waals surface area contributed by atoms with Crippen molar-refractivity contribution in [2.24, 2.45) is 0 Å². The van der Waals surface area contributed by atoms with Crippen molar-refractivity contribution in [1.29, 1.82) is 0 Å². The normalized spacial score (nSPS) is 12.3. The van der Waals surface area contributed by atoms with E-state index >= 15 is 0 Å². The number of rotatable bonds is 53. The fourth-order valence-electron chi connectivity index (χ4n) is 8.37. The summed E-state index contributed by atoms with van der Waals surface area (Å²) in [5.41, 5.74) is 0. The number of allylic oxidation sites excluding steroid dienone is 8. The van der Waals surface area contributed by atoms with Gasteiger partial charge in [0, 0.05) is 19.3 Å². The molecule has 0 rings (SSSR count). The minimum Gasteiger partial charge on any atom is -0.462 e. The molecule has 0 aliphatic heterocycles. The molecule has 0 spiro atoms. The Hall–Kier alpha value is -2.63. The number of unbranched alkanes of at least 4 members (excludes halogenated alkanes) is 34. The van der Waals surface area contributed by atoms with Gasteiger partial charge in [-0.25, -0.2) is 0 Å². The van der Waals surface area contributed by atoms with E-state index in [0.29, 0.717) is 19.3 Å². The zero-order valence-corrected chi connectivity index (χ0v) is 44.7. The third kappa shape index (κ3) is 54.2. The van der Waals surface area contributed by atoms with Crippen molar-refractivity contribution >= 4 is 17.9 Å². The van der Waals surface area contributed by atoms with Crippen molar-refractivity contribution in [3.63, 3.8) is 0 Å². The SMILES string of the molecule is CCCC/C=C\C/C=C\CCCCCCCC(=O)OC(COC(=O)CCCCCCCCCCC/C=C\C/C=C\CCCCCCC)COC(=O)CCCCCCCCCCCCCCCC. The third-order valence-corrected chi connectivity index (χ3v) is 12.8. The van der Waals surface area contributed by atoms with E-state index in [4.69, 9.17) is 14.2 Å². The van der Waals surface area contributed by atoms with E-state index < -0.39 is 6.10 Å². The van der Waals surface area contributed by atoms with Gasteiger partial charge in [0.1, 0.15) is 13.2 Å². The monoisotopic (exact) mass is 939 g/mol. The van der Waals surface area contributed by atoms with E-state index in [2.05, 4.69) is 69.4 Å². The molecule has 67 heavy (non-hydrogen) atoms. The van der Waals surface area contributed by atoms with Crippen LogP contribution >= 0.6 is 0 Å². The molecule has 0 aromatic carbocycles. The molecule has 0 saturated carbocycles. The van der Waals surface area contributed by atoms with E-state index in [9.17, 15) is 14.4 Å². The van der Waals surface area contributed by atoms with E-state index in [1.165, 1.54) is 173 Å². The zero-order chi connectivity index (χ0) is 48.6. The van der Waals surface area contributed by atoms with Gasteiger partial charge in [0.15, 0.2) is 6.10 Å². The second kappa shape index (κ2) is 56.0. The van der Waals surface area contributed by atoms with Crippen LogP contribution in [0.25, 0.3) is 0 Å². The van der Waals surface area contributed by atoms with Crippen molar-refractivity contribution in [3.8, 4) is 0 Å². The molecule has 0 aromatic heterocycles. The first-order chi connectivity index (χ1) is 33.0. The molecule has 0 fully saturated rings. The number of carbonyl (C=O) groups excluding carboxylic acids is 3. The van der Waals surface area contributed by atoms with Gasteiger partial charge in [0.25, 0.3) is 0 Å². The highest BCUT2D eigenvalue weighted by Crippen LogP contribution is 2.16. The number of hydrogen-bond donors (Lipinski definition) is 0. The summed E-state index contributed by atoms with van der Waals surface area (Å²) in [7, 11) is 0. The average molecular weight is 940 g/mol. The van der Waals surface area contributed by atoms with E-state index in [1.54, 1.807) is 0 Å². The molecule has 0 aliphatic rings. The molecule has 0 heterocycles. The lowest BCUT2D eigenvalue weighted by molar-refractivity contribution is -0.167. The smallest absolute Gasteiger partial charge is 0.306 e. The van der Waals surface area contributed by atoms with Gasteiger partial charge in [-0.2, -0.15) is 0 Å². The topological polar surface area (TPSA) is 78.9 Å². The van der Waals surface area contributed by atoms with E-state index in [1.807, 2.05) is 0 Å². The Morgan fingerprint density at radius 1 is 0.299 bits per heavy atom. The fraction of sp³-hybridized carbons (Fsp3) is 0.820. The molecule has 1 unspecified atom stereocenters. The quantitative estimate of drug-likeness (QED) is 0.0262. The van der Waals surface area contributed by atoms with Crippen molar-refractivity contribution in [2.45, 2.75) is 309 Å². The Labute approximate surface area is 416 Å². The molecule has 0 saturated heterocycles. The Kier molecular flexibility index (Phi) is 53.8. The van der Waals surface area contributed by atoms with Crippen molar-refractivity contribution in [1.82, 2.24) is 0 Å². The molecule has 0 bridgehead atoms. The maximum atomic E-state index is 12.8. The maximum Gasteiger partial charge on any atom is 0.306 e. The summed E-state index contributed by atoms with van der Waals surface area (Å²) < 4.78 is 16.9. The molecular formula is C61H110O6. The summed E-state index contributed by atoms with van der Waals surface area (Å²) in [5, 5.41) is 0. The maximum absolute atomic E-state index is 12.8. The minimum absolute atomic E-state index is 0.0772. The van der Waals surface area contributed by atoms with E-state index in [-0.39, 0.29) is 31.1 Å². The Morgan fingerprint density at radius 3 is 0.866 bits per heavy atom. The summed E-state index contributed by atoms with van der Waals surface area (Å²) in [4.78, 5) is 38.1. The fourth-order valence-corrected chi connectivity index (χ4v) is 8.37. The van der Waals surface area contributed by atoms with Gasteiger partial charge in [-0.3, -0.25) is 14.4 Å². The minimum atomic E-state index is -0.780. The summed E-state index contributed by atoms with van der Waals surface area (Å²) in [6.07, 6.45) is 68.1. The number of carbonyl (C=O) groups is 3. The van der Waals surface area contributed by atoms with Crippen LogP contribution in [0.5, 0.6) is 0 Å². The second-order valence-electron chi connectivity index (χ2n) is 19.6. The Bertz CT molecular complexity index is 1170. The molecule has 0 amide bonds. The van der Waals surface area contributed by atoms with Crippen molar-refractivity contribution in [3.05, 3.63) is 48.6 Å². The van der Waals surface area contributed by atoms with Crippen LogP contribution in [0, 0.1) is 0 Å². The first-order valence-corrected chi connectivity index (χ1v) is 29.1. The molecule has 0 radical (unpaired) electrons. The predicted molar refractivity (Wildman–Crippen MR) is 289 cm³/mol. The highest BCUT2D eigenvalue weighted by atomic mass is 16.6. The van der Waals surface area contributed by atoms with Crippen LogP contribution in [-0.4, -0.2) is 37.2 Å². The molecule has 1 atom stereocenters. The molecule has 0 aliphatic carbocycles. The zero-order valence-electron chi connectivity index (χ0n) is 44.7. The molecular weight excluding hydrogens is 829 g/mol. The van der Waals surface area contributed by atoms with Gasteiger partial charge in [-0.05, 0) is 77.0 Å². The predicted octanol–water partition coefficient (Wildman–Crippen LogP) is 19.4. The lowest BCUT2D eigenvalue weighted by Gasteiger charge is -2.18. The number of ether oxygens (including phenoxy) is 3. The van der Waals surface area contributed by atoms with Gasteiger partial charge in [-0.15, -0.1) is 0 Å². The third-order valence-electron chi connectivity index (χ3n) is 12.8. The van der Waals surface area contributed by atoms with Gasteiger partial charge < -0.3 is 14.2 Å². The summed E-state index contributed by atoms with van der Waals surface area (Å²) in [5.74, 6) is -0.881. The van der Waals surface area contributed by atoms with Crippen LogP contribution in [0.3, 0.4) is 0 Å². The number of hydrogen-bond acceptors (Lipinski definition) is 6. The van der Waals surface area contributed by atoms with E-state index in [0.717, 1.165) is 89.9 Å². The van der Waals surface area contributed by atoms with Crippen LogP contribution < -0.4 is 0 Å². The van der Waals surface area contributed by atoms with Crippen LogP contribution in [-0.2, 0) is 28.6 Å². The largest absolute Gasteiger partial charge is 0.462 e. The highest BCUT2D eigenvalue weighted by Gasteiger charge is 2.19. The summed E-state index contributed by atoms with van der Waals surface area (Å²) >= 11 is 0. The average Bonchev–Trinajstić information content (AvgIpc) is 3.33. The first-order valence-electron chi connectivity index (χ1n) is 29.1. The molecule has 0 N–H and O–H groups in total. The molecule has 6 heteroatoms. The van der Waals surface area contributed by atoms with Crippen LogP contribution in [0.2, 0.25) is 0 Å². The van der Waals surface area contributed by atoms with Gasteiger partial charge in [0.2, 0.25) is 0 Å². The summed E-state index contributed by atoms with van der Waals surface area (Å²) in [6.45, 7) is 6.61. The van der Waals surface area contributed by atoms with Gasteiger partial charge >= 0.3 is 17.9 Å². The standard InChI is InChI=1S/C61H110O6/c1-4-7-10-13-16-19-22-25-28-29-30-31-32-33-34-37-39-42-45-48-51-54-60(63)66-57-58(67-61(64)55-52-49-46-43-40-36-27-24-21-18-15-12-9-6-3)56-65-59(62)53-50-47-44-41-38-35-26-23-20-17-14-11-8-5-2/h15,18,22,24-25,27,29-30,58H,4-14,16-17,19-21,23,26,28,31-57H2,1-3H3/b18-15-,25-22-,27-24-,30-29-. The molecule has 390 valence electrons. The van der Waals surface area contributed by atoms with Crippen molar-refractivity contribution < 1.29 is 28.6 Å². The van der Waals surface area contributed by atoms with Gasteiger partial charge in [0.05, 0.1) is 0 Å². The highest BCUT2D eigenvalue weighted by molar-refractivity contribution is 5.71. The number of esters is 3. The second-order valence-corrected chi connectivity index (χ2v) is 19.6.